The third kappa shape index (κ3) is 4.45. The number of nitrogens with zero attached hydrogens (tertiary/aromatic N) is 2. The average Bonchev–Trinajstić information content (AvgIpc) is 2.78. The van der Waals surface area contributed by atoms with Crippen LogP contribution in [-0.4, -0.2) is 28.7 Å². The summed E-state index contributed by atoms with van der Waals surface area (Å²) in [6, 6.07) is 22.3. The van der Waals surface area contributed by atoms with E-state index in [1.807, 2.05) is 48.5 Å². The van der Waals surface area contributed by atoms with Crippen LogP contribution in [0, 0.1) is 11.8 Å². The van der Waals surface area contributed by atoms with Crippen LogP contribution in [0.15, 0.2) is 77.9 Å². The summed E-state index contributed by atoms with van der Waals surface area (Å²) in [6.45, 7) is 0.613. The standard InChI is InChI=1S/C24H22N4O/c29-16-7-5-14-22-27-21-13-8-12-20(18-9-2-1-3-10-18)23(21)24(28-22)26-17-19-11-4-6-15-25-19/h1-4,6,8-13,15,22,27,29H,7,16-17H2,(H,26,28). The number of aromatic nitrogens is 1. The Morgan fingerprint density at radius 3 is 2.66 bits per heavy atom. The van der Waals surface area contributed by atoms with Gasteiger partial charge in [-0.1, -0.05) is 60.4 Å². The molecule has 144 valence electrons. The highest BCUT2D eigenvalue weighted by Gasteiger charge is 2.22. The van der Waals surface area contributed by atoms with E-state index in [4.69, 9.17) is 10.1 Å². The molecule has 0 saturated carbocycles. The van der Waals surface area contributed by atoms with Crippen LogP contribution >= 0.6 is 0 Å². The molecule has 1 atom stereocenters. The van der Waals surface area contributed by atoms with Crippen molar-refractivity contribution in [2.75, 3.05) is 11.9 Å². The van der Waals surface area contributed by atoms with Gasteiger partial charge in [0.25, 0.3) is 0 Å². The largest absolute Gasteiger partial charge is 0.395 e. The number of hydrogen-bond acceptors (Lipinski definition) is 5. The number of amidine groups is 1. The maximum absolute atomic E-state index is 9.00. The molecule has 1 aromatic heterocycles. The molecule has 0 saturated heterocycles. The molecule has 3 aromatic rings. The number of benzene rings is 2. The molecule has 0 bridgehead atoms. The number of aliphatic hydroxyl groups excluding tert-OH is 1. The minimum Gasteiger partial charge on any atom is -0.395 e. The fourth-order valence-electron chi connectivity index (χ4n) is 3.26. The van der Waals surface area contributed by atoms with Crippen LogP contribution in [0.3, 0.4) is 0 Å². The molecule has 0 fully saturated rings. The van der Waals surface area contributed by atoms with Gasteiger partial charge in [0.05, 0.1) is 18.8 Å². The van der Waals surface area contributed by atoms with Crippen LogP contribution in [0.5, 0.6) is 0 Å². The van der Waals surface area contributed by atoms with Gasteiger partial charge >= 0.3 is 0 Å². The molecule has 2 aromatic carbocycles. The lowest BCUT2D eigenvalue weighted by molar-refractivity contribution is 0.305. The first kappa shape index (κ1) is 18.7. The van der Waals surface area contributed by atoms with Crippen LogP contribution in [0.2, 0.25) is 0 Å². The zero-order chi connectivity index (χ0) is 19.9. The molecule has 1 aliphatic heterocycles. The van der Waals surface area contributed by atoms with Crippen LogP contribution in [0.4, 0.5) is 5.69 Å². The summed E-state index contributed by atoms with van der Waals surface area (Å²) in [4.78, 5) is 9.20. The van der Waals surface area contributed by atoms with Crippen LogP contribution in [-0.2, 0) is 6.54 Å². The van der Waals surface area contributed by atoms with Crippen LogP contribution in [0.1, 0.15) is 17.7 Å². The first-order chi connectivity index (χ1) is 14.3. The van der Waals surface area contributed by atoms with E-state index in [1.54, 1.807) is 6.20 Å². The van der Waals surface area contributed by atoms with Gasteiger partial charge < -0.3 is 15.7 Å². The third-order valence-corrected chi connectivity index (χ3v) is 4.58. The Labute approximate surface area is 170 Å². The number of hydrogen-bond donors (Lipinski definition) is 3. The Hall–Kier alpha value is -3.62. The van der Waals surface area contributed by atoms with E-state index >= 15 is 0 Å². The van der Waals surface area contributed by atoms with E-state index in [0.29, 0.717) is 13.0 Å². The van der Waals surface area contributed by atoms with Crippen molar-refractivity contribution in [2.45, 2.75) is 19.1 Å². The van der Waals surface area contributed by atoms with Crippen molar-refractivity contribution in [3.05, 3.63) is 84.2 Å². The van der Waals surface area contributed by atoms with Gasteiger partial charge in [-0.25, -0.2) is 4.99 Å². The molecule has 5 nitrogen and oxygen atoms in total. The van der Waals surface area contributed by atoms with Crippen molar-refractivity contribution >= 4 is 11.5 Å². The normalized spacial score (nSPS) is 14.7. The Kier molecular flexibility index (Phi) is 5.84. The predicted molar refractivity (Wildman–Crippen MR) is 116 cm³/mol. The molecule has 0 radical (unpaired) electrons. The minimum absolute atomic E-state index is 0.0446. The first-order valence-corrected chi connectivity index (χ1v) is 9.61. The highest BCUT2D eigenvalue weighted by molar-refractivity contribution is 6.10. The molecule has 1 aliphatic rings. The topological polar surface area (TPSA) is 69.5 Å². The molecule has 0 spiro atoms. The number of anilines is 1. The predicted octanol–water partition coefficient (Wildman–Crippen LogP) is 3.42. The average molecular weight is 382 g/mol. The van der Waals surface area contributed by atoms with Crippen LogP contribution in [0.25, 0.3) is 11.1 Å². The first-order valence-electron chi connectivity index (χ1n) is 9.61. The van der Waals surface area contributed by atoms with Gasteiger partial charge in [-0.2, -0.15) is 0 Å². The quantitative estimate of drug-likeness (QED) is 0.605. The van der Waals surface area contributed by atoms with E-state index in [1.165, 1.54) is 0 Å². The Morgan fingerprint density at radius 2 is 1.86 bits per heavy atom. The van der Waals surface area contributed by atoms with Crippen molar-refractivity contribution in [1.82, 2.24) is 10.3 Å². The lowest BCUT2D eigenvalue weighted by Crippen LogP contribution is -2.33. The van der Waals surface area contributed by atoms with Gasteiger partial charge in [0.2, 0.25) is 0 Å². The number of fused-ring (bicyclic) bond motifs is 1. The SMILES string of the molecule is OCCC#CC1N=C(NCc2ccccn2)c2c(cccc2-c2ccccc2)N1. The van der Waals surface area contributed by atoms with E-state index < -0.39 is 0 Å². The van der Waals surface area contributed by atoms with Crippen molar-refractivity contribution in [1.29, 1.82) is 0 Å². The van der Waals surface area contributed by atoms with Crippen molar-refractivity contribution in [3.8, 4) is 23.0 Å². The molecular weight excluding hydrogens is 360 g/mol. The Bertz CT molecular complexity index is 1050. The zero-order valence-corrected chi connectivity index (χ0v) is 16.0. The maximum Gasteiger partial charge on any atom is 0.183 e. The monoisotopic (exact) mass is 382 g/mol. The van der Waals surface area contributed by atoms with Gasteiger partial charge in [0.1, 0.15) is 5.84 Å². The van der Waals surface area contributed by atoms with Crippen molar-refractivity contribution < 1.29 is 5.11 Å². The van der Waals surface area contributed by atoms with Crippen LogP contribution < -0.4 is 10.6 Å². The van der Waals surface area contributed by atoms with Crippen molar-refractivity contribution in [2.24, 2.45) is 4.99 Å². The van der Waals surface area contributed by atoms with E-state index in [-0.39, 0.29) is 12.8 Å². The zero-order valence-electron chi connectivity index (χ0n) is 16.0. The summed E-state index contributed by atoms with van der Waals surface area (Å²) in [5.74, 6) is 6.84. The van der Waals surface area contributed by atoms with Gasteiger partial charge in [-0.15, -0.1) is 0 Å². The fourth-order valence-corrected chi connectivity index (χ4v) is 3.26. The summed E-state index contributed by atoms with van der Waals surface area (Å²) in [7, 11) is 0. The maximum atomic E-state index is 9.00. The fraction of sp³-hybridized carbons (Fsp3) is 0.167. The van der Waals surface area contributed by atoms with E-state index in [2.05, 4.69) is 45.7 Å². The molecule has 3 N–H and O–H groups in total. The molecular formula is C24H22N4O. The summed E-state index contributed by atoms with van der Waals surface area (Å²) >= 11 is 0. The number of aliphatic imine (C=N–C) groups is 1. The number of pyridine rings is 1. The Balaban J connectivity index is 1.72. The van der Waals surface area contributed by atoms with Gasteiger partial charge in [-0.3, -0.25) is 4.98 Å². The highest BCUT2D eigenvalue weighted by Crippen LogP contribution is 2.32. The molecule has 0 aliphatic carbocycles. The molecule has 5 heteroatoms. The summed E-state index contributed by atoms with van der Waals surface area (Å²) < 4.78 is 0. The molecule has 4 rings (SSSR count). The minimum atomic E-state index is -0.369. The lowest BCUT2D eigenvalue weighted by atomic mass is 9.96. The lowest BCUT2D eigenvalue weighted by Gasteiger charge is -2.26. The molecule has 2 heterocycles. The van der Waals surface area contributed by atoms with E-state index in [9.17, 15) is 0 Å². The molecule has 29 heavy (non-hydrogen) atoms. The molecule has 0 amide bonds. The summed E-state index contributed by atoms with van der Waals surface area (Å²) in [6.07, 6.45) is 1.85. The smallest absolute Gasteiger partial charge is 0.183 e. The second kappa shape index (κ2) is 9.05. The van der Waals surface area contributed by atoms with Crippen molar-refractivity contribution in [3.63, 3.8) is 0 Å². The van der Waals surface area contributed by atoms with Gasteiger partial charge in [0.15, 0.2) is 6.17 Å². The third-order valence-electron chi connectivity index (χ3n) is 4.58. The Morgan fingerprint density at radius 1 is 1.00 bits per heavy atom. The second-order valence-corrected chi connectivity index (χ2v) is 6.59. The number of nitrogens with one attached hydrogen (secondary N) is 2. The van der Waals surface area contributed by atoms with Gasteiger partial charge in [0, 0.05) is 23.9 Å². The highest BCUT2D eigenvalue weighted by atomic mass is 16.2. The van der Waals surface area contributed by atoms with Gasteiger partial charge in [-0.05, 0) is 29.3 Å². The number of aliphatic hydroxyl groups is 1. The second-order valence-electron chi connectivity index (χ2n) is 6.59. The van der Waals surface area contributed by atoms with E-state index in [0.717, 1.165) is 33.9 Å². The summed E-state index contributed by atoms with van der Waals surface area (Å²) in [5.41, 5.74) is 5.17. The number of rotatable bonds is 4. The molecule has 1 unspecified atom stereocenters. The summed E-state index contributed by atoms with van der Waals surface area (Å²) in [5, 5.41) is 15.9.